The number of carboxylic acids is 1. The summed E-state index contributed by atoms with van der Waals surface area (Å²) in [5, 5.41) is 13.1. The number of carboxylic acid groups (broad SMARTS) is 1. The van der Waals surface area contributed by atoms with E-state index in [1.165, 1.54) is 42.5 Å². The molecule has 0 bridgehead atoms. The zero-order chi connectivity index (χ0) is 34.6. The van der Waals surface area contributed by atoms with E-state index in [4.69, 9.17) is 4.74 Å². The molecule has 0 saturated heterocycles. The number of sulfone groups is 1. The highest BCUT2D eigenvalue weighted by Crippen LogP contribution is 2.37. The maximum atomic E-state index is 14.0. The molecule has 0 fully saturated rings. The van der Waals surface area contributed by atoms with Crippen molar-refractivity contribution in [1.29, 1.82) is 0 Å². The molecule has 47 heavy (non-hydrogen) atoms. The van der Waals surface area contributed by atoms with Crippen LogP contribution >= 0.6 is 0 Å². The fraction of sp³-hybridized carbons (Fsp3) is 0.343. The van der Waals surface area contributed by atoms with Crippen LogP contribution in [0, 0.1) is 17.0 Å². The first-order valence-electron chi connectivity index (χ1n) is 15.0. The molecular formula is C35H39F2N3O6S. The number of hydrogen-bond donors (Lipinski definition) is 2. The van der Waals surface area contributed by atoms with Crippen LogP contribution in [0.4, 0.5) is 8.78 Å². The van der Waals surface area contributed by atoms with Crippen molar-refractivity contribution in [2.75, 3.05) is 18.6 Å². The van der Waals surface area contributed by atoms with Gasteiger partial charge in [-0.25, -0.2) is 27.0 Å². The molecule has 1 heterocycles. The van der Waals surface area contributed by atoms with Crippen LogP contribution in [-0.4, -0.2) is 59.1 Å². The molecular weight excluding hydrogens is 628 g/mol. The minimum absolute atomic E-state index is 0.0855. The number of hydrogen-bond acceptors (Lipinski definition) is 6. The summed E-state index contributed by atoms with van der Waals surface area (Å²) >= 11 is 0. The summed E-state index contributed by atoms with van der Waals surface area (Å²) in [6, 6.07) is 16.2. The molecule has 3 aromatic carbocycles. The second-order valence-corrected chi connectivity index (χ2v) is 14.9. The lowest BCUT2D eigenvalue weighted by atomic mass is 9.71. The van der Waals surface area contributed by atoms with Gasteiger partial charge in [-0.15, -0.1) is 0 Å². The van der Waals surface area contributed by atoms with Crippen LogP contribution in [0.2, 0.25) is 0 Å². The second kappa shape index (κ2) is 14.1. The van der Waals surface area contributed by atoms with Crippen molar-refractivity contribution in [3.8, 4) is 11.1 Å². The Labute approximate surface area is 273 Å². The molecule has 9 nitrogen and oxygen atoms in total. The number of halogens is 2. The molecule has 0 spiro atoms. The molecule has 250 valence electrons. The zero-order valence-corrected chi connectivity index (χ0v) is 27.8. The first-order chi connectivity index (χ1) is 22.0. The van der Waals surface area contributed by atoms with Crippen LogP contribution in [0.1, 0.15) is 60.5 Å². The van der Waals surface area contributed by atoms with Gasteiger partial charge in [0.15, 0.2) is 0 Å². The number of benzene rings is 3. The van der Waals surface area contributed by atoms with Gasteiger partial charge in [0.25, 0.3) is 5.91 Å². The largest absolute Gasteiger partial charge is 0.479 e. The Kier molecular flexibility index (Phi) is 10.7. The number of aromatic nitrogens is 2. The summed E-state index contributed by atoms with van der Waals surface area (Å²) in [5.74, 6) is -3.50. The highest BCUT2D eigenvalue weighted by Gasteiger charge is 2.50. The minimum atomic E-state index is -3.57. The van der Waals surface area contributed by atoms with Crippen LogP contribution in [0.3, 0.4) is 0 Å². The van der Waals surface area contributed by atoms with Crippen LogP contribution in [0.25, 0.3) is 11.1 Å². The number of aliphatic carboxylic acids is 1. The molecule has 1 unspecified atom stereocenters. The smallest absolute Gasteiger partial charge is 0.330 e. The van der Waals surface area contributed by atoms with Crippen molar-refractivity contribution < 1.29 is 36.6 Å². The van der Waals surface area contributed by atoms with E-state index in [1.807, 2.05) is 11.6 Å². The quantitative estimate of drug-likeness (QED) is 0.186. The SMILES string of the molecule is Cn1cncc1CCOC(c1ccc(F)cc1)c1ccc(C(=O)N[C@](CCS(C)(=O)=O)(C(=O)O)C(C)(C)C)c(-c2ccc(F)cc2)c1. The molecule has 0 aliphatic heterocycles. The fourth-order valence-corrected chi connectivity index (χ4v) is 6.10. The normalized spacial score (nSPS) is 13.9. The van der Waals surface area contributed by atoms with Crippen molar-refractivity contribution in [3.05, 3.63) is 113 Å². The maximum Gasteiger partial charge on any atom is 0.330 e. The Morgan fingerprint density at radius 2 is 1.57 bits per heavy atom. The Bertz CT molecular complexity index is 1830. The molecule has 4 rings (SSSR count). The summed E-state index contributed by atoms with van der Waals surface area (Å²) < 4.78 is 60.2. The Balaban J connectivity index is 1.80. The van der Waals surface area contributed by atoms with Crippen molar-refractivity contribution >= 4 is 21.7 Å². The standard InChI is InChI=1S/C35H39F2N3O6S/c1-34(2,3)35(33(42)43,17-19-47(5,44)45)39-32(41)29-15-10-25(20-30(29)23-6-11-26(36)12-7-23)31(24-8-13-27(37)14-9-24)46-18-16-28-21-38-22-40(28)4/h6-15,20-22,31H,16-19H2,1-5H3,(H,39,41)(H,42,43)/t31?,35-/m1/s1. The van der Waals surface area contributed by atoms with Gasteiger partial charge in [-0.1, -0.05) is 51.1 Å². The monoisotopic (exact) mass is 667 g/mol. The van der Waals surface area contributed by atoms with E-state index in [0.717, 1.165) is 11.9 Å². The third-order valence-electron chi connectivity index (χ3n) is 8.30. The van der Waals surface area contributed by atoms with Crippen LogP contribution < -0.4 is 5.32 Å². The van der Waals surface area contributed by atoms with E-state index in [0.29, 0.717) is 28.7 Å². The zero-order valence-electron chi connectivity index (χ0n) is 27.0. The second-order valence-electron chi connectivity index (χ2n) is 12.7. The molecule has 2 atom stereocenters. The lowest BCUT2D eigenvalue weighted by molar-refractivity contribution is -0.149. The van der Waals surface area contributed by atoms with E-state index in [2.05, 4.69) is 10.3 Å². The molecule has 12 heteroatoms. The topological polar surface area (TPSA) is 128 Å². The van der Waals surface area contributed by atoms with Crippen LogP contribution in [0.5, 0.6) is 0 Å². The molecule has 0 aliphatic rings. The highest BCUT2D eigenvalue weighted by molar-refractivity contribution is 7.90. The van der Waals surface area contributed by atoms with Gasteiger partial charge < -0.3 is 19.7 Å². The number of nitrogens with one attached hydrogen (secondary N) is 1. The van der Waals surface area contributed by atoms with E-state index < -0.39 is 56.2 Å². The summed E-state index contributed by atoms with van der Waals surface area (Å²) in [5.41, 5.74) is 0.0764. The summed E-state index contributed by atoms with van der Waals surface area (Å²) in [4.78, 5) is 30.9. The number of amides is 1. The highest BCUT2D eigenvalue weighted by atomic mass is 32.2. The first-order valence-corrected chi connectivity index (χ1v) is 17.0. The molecule has 4 aromatic rings. The number of carbonyl (C=O) groups is 2. The lowest BCUT2D eigenvalue weighted by Gasteiger charge is -2.42. The van der Waals surface area contributed by atoms with Gasteiger partial charge in [-0.05, 0) is 70.5 Å². The van der Waals surface area contributed by atoms with Crippen molar-refractivity contribution in [1.82, 2.24) is 14.9 Å². The molecule has 0 saturated carbocycles. The fourth-order valence-electron chi connectivity index (χ4n) is 5.43. The van der Waals surface area contributed by atoms with Gasteiger partial charge in [-0.3, -0.25) is 4.79 Å². The van der Waals surface area contributed by atoms with Crippen molar-refractivity contribution in [2.45, 2.75) is 45.3 Å². The number of rotatable bonds is 13. The number of ether oxygens (including phenoxy) is 1. The van der Waals surface area contributed by atoms with Gasteiger partial charge in [0.05, 0.1) is 18.7 Å². The van der Waals surface area contributed by atoms with E-state index in [9.17, 15) is 31.9 Å². The average Bonchev–Trinajstić information content (AvgIpc) is 3.41. The first kappa shape index (κ1) is 35.4. The number of aryl methyl sites for hydroxylation is 1. The lowest BCUT2D eigenvalue weighted by Crippen LogP contribution is -2.63. The molecule has 1 aromatic heterocycles. The average molecular weight is 668 g/mol. The number of carbonyl (C=O) groups excluding carboxylic acids is 1. The summed E-state index contributed by atoms with van der Waals surface area (Å²) in [6.07, 6.45) is 3.91. The molecule has 0 aliphatic carbocycles. The van der Waals surface area contributed by atoms with E-state index in [-0.39, 0.29) is 18.6 Å². The Hall–Kier alpha value is -4.42. The van der Waals surface area contributed by atoms with Gasteiger partial charge in [0.2, 0.25) is 0 Å². The third kappa shape index (κ3) is 8.49. The maximum absolute atomic E-state index is 14.0. The molecule has 0 radical (unpaired) electrons. The van der Waals surface area contributed by atoms with Gasteiger partial charge in [-0.2, -0.15) is 0 Å². The summed E-state index contributed by atoms with van der Waals surface area (Å²) in [7, 11) is -1.69. The number of imidazole rings is 1. The number of nitrogens with zero attached hydrogens (tertiary/aromatic N) is 2. The van der Waals surface area contributed by atoms with E-state index in [1.54, 1.807) is 57.6 Å². The molecule has 1 amide bonds. The Morgan fingerprint density at radius 1 is 0.979 bits per heavy atom. The third-order valence-corrected chi connectivity index (χ3v) is 9.24. The van der Waals surface area contributed by atoms with Crippen molar-refractivity contribution in [2.24, 2.45) is 12.5 Å². The van der Waals surface area contributed by atoms with Gasteiger partial charge in [0.1, 0.15) is 33.1 Å². The van der Waals surface area contributed by atoms with Crippen LogP contribution in [-0.2, 0) is 32.8 Å². The predicted octanol–water partition coefficient (Wildman–Crippen LogP) is 5.75. The van der Waals surface area contributed by atoms with E-state index >= 15 is 0 Å². The summed E-state index contributed by atoms with van der Waals surface area (Å²) in [6.45, 7) is 5.13. The Morgan fingerprint density at radius 3 is 2.11 bits per heavy atom. The van der Waals surface area contributed by atoms with Crippen LogP contribution in [0.15, 0.2) is 79.3 Å². The molecule has 2 N–H and O–H groups in total. The van der Waals surface area contributed by atoms with Crippen molar-refractivity contribution in [3.63, 3.8) is 0 Å². The van der Waals surface area contributed by atoms with Gasteiger partial charge >= 0.3 is 5.97 Å². The minimum Gasteiger partial charge on any atom is -0.479 e. The van der Waals surface area contributed by atoms with Gasteiger partial charge in [0, 0.05) is 37.2 Å². The predicted molar refractivity (Wildman–Crippen MR) is 175 cm³/mol.